The molecule has 0 heterocycles. The molecule has 104 valence electrons. The smallest absolute Gasteiger partial charge is 0.335 e. The van der Waals surface area contributed by atoms with E-state index in [4.69, 9.17) is 5.11 Å². The van der Waals surface area contributed by atoms with Crippen molar-refractivity contribution in [2.75, 3.05) is 5.32 Å². The van der Waals surface area contributed by atoms with Crippen LogP contribution in [0.25, 0.3) is 0 Å². The van der Waals surface area contributed by atoms with Crippen LogP contribution in [0.15, 0.2) is 54.6 Å². The summed E-state index contributed by atoms with van der Waals surface area (Å²) in [5, 5.41) is 12.2. The molecule has 2 aromatic rings. The Morgan fingerprint density at radius 2 is 1.75 bits per heavy atom. The lowest BCUT2D eigenvalue weighted by Crippen LogP contribution is -2.16. The van der Waals surface area contributed by atoms with Crippen molar-refractivity contribution < 1.29 is 9.90 Å². The first-order chi connectivity index (χ1) is 9.65. The van der Waals surface area contributed by atoms with Crippen molar-refractivity contribution in [2.24, 2.45) is 0 Å². The highest BCUT2D eigenvalue weighted by atomic mass is 16.4. The van der Waals surface area contributed by atoms with Gasteiger partial charge in [-0.1, -0.05) is 30.3 Å². The largest absolute Gasteiger partial charge is 0.478 e. The number of nitrogens with one attached hydrogen (secondary N) is 1. The first-order valence-corrected chi connectivity index (χ1v) is 6.79. The van der Waals surface area contributed by atoms with Crippen LogP contribution in [0, 0.1) is 0 Å². The zero-order valence-corrected chi connectivity index (χ0v) is 11.5. The van der Waals surface area contributed by atoms with Gasteiger partial charge in [0.25, 0.3) is 0 Å². The number of hydrogen-bond acceptors (Lipinski definition) is 2. The molecule has 2 N–H and O–H groups in total. The van der Waals surface area contributed by atoms with E-state index in [2.05, 4.69) is 36.5 Å². The highest BCUT2D eigenvalue weighted by Crippen LogP contribution is 2.13. The number of aryl methyl sites for hydroxylation is 1. The van der Waals surface area contributed by atoms with E-state index in [0.717, 1.165) is 18.5 Å². The molecule has 0 saturated carbocycles. The third kappa shape index (κ3) is 4.12. The van der Waals surface area contributed by atoms with Gasteiger partial charge < -0.3 is 10.4 Å². The molecule has 0 amide bonds. The van der Waals surface area contributed by atoms with Gasteiger partial charge in [-0.25, -0.2) is 4.79 Å². The Morgan fingerprint density at radius 1 is 1.10 bits per heavy atom. The maximum atomic E-state index is 10.8. The molecule has 1 unspecified atom stereocenters. The zero-order valence-electron chi connectivity index (χ0n) is 11.5. The van der Waals surface area contributed by atoms with Gasteiger partial charge in [-0.15, -0.1) is 0 Å². The first-order valence-electron chi connectivity index (χ1n) is 6.79. The first kappa shape index (κ1) is 14.1. The van der Waals surface area contributed by atoms with Crippen molar-refractivity contribution >= 4 is 11.7 Å². The van der Waals surface area contributed by atoms with Crippen molar-refractivity contribution in [3.63, 3.8) is 0 Å². The van der Waals surface area contributed by atoms with E-state index >= 15 is 0 Å². The van der Waals surface area contributed by atoms with Crippen LogP contribution in [-0.2, 0) is 6.42 Å². The van der Waals surface area contributed by atoms with Crippen LogP contribution in [0.3, 0.4) is 0 Å². The quantitative estimate of drug-likeness (QED) is 0.838. The summed E-state index contributed by atoms with van der Waals surface area (Å²) in [5.41, 5.74) is 2.60. The van der Waals surface area contributed by atoms with Gasteiger partial charge in [0.1, 0.15) is 0 Å². The summed E-state index contributed by atoms with van der Waals surface area (Å²) in [4.78, 5) is 10.8. The Balaban J connectivity index is 1.85. The molecule has 0 fully saturated rings. The van der Waals surface area contributed by atoms with Gasteiger partial charge in [-0.2, -0.15) is 0 Å². The molecule has 0 aliphatic rings. The monoisotopic (exact) mass is 269 g/mol. The lowest BCUT2D eigenvalue weighted by atomic mass is 10.1. The molecule has 0 spiro atoms. The van der Waals surface area contributed by atoms with Crippen LogP contribution < -0.4 is 5.32 Å². The molecule has 2 rings (SSSR count). The number of aromatic carboxylic acids is 1. The van der Waals surface area contributed by atoms with E-state index in [9.17, 15) is 4.79 Å². The Bertz CT molecular complexity index is 549. The molecule has 0 aliphatic heterocycles. The van der Waals surface area contributed by atoms with Crippen LogP contribution in [0.1, 0.15) is 29.3 Å². The van der Waals surface area contributed by atoms with E-state index in [1.54, 1.807) is 12.1 Å². The topological polar surface area (TPSA) is 49.3 Å². The van der Waals surface area contributed by atoms with Crippen LogP contribution >= 0.6 is 0 Å². The van der Waals surface area contributed by atoms with E-state index in [-0.39, 0.29) is 0 Å². The molecule has 1 atom stereocenters. The summed E-state index contributed by atoms with van der Waals surface area (Å²) in [7, 11) is 0. The minimum absolute atomic E-state index is 0.312. The number of rotatable bonds is 6. The van der Waals surface area contributed by atoms with Crippen LogP contribution in [0.2, 0.25) is 0 Å². The predicted molar refractivity (Wildman–Crippen MR) is 81.2 cm³/mol. The Morgan fingerprint density at radius 3 is 2.35 bits per heavy atom. The fraction of sp³-hybridized carbons (Fsp3) is 0.235. The van der Waals surface area contributed by atoms with Gasteiger partial charge >= 0.3 is 5.97 Å². The summed E-state index contributed by atoms with van der Waals surface area (Å²) in [6.07, 6.45) is 2.06. The van der Waals surface area contributed by atoms with Gasteiger partial charge in [0.05, 0.1) is 5.56 Å². The Hall–Kier alpha value is -2.29. The minimum atomic E-state index is -0.895. The summed E-state index contributed by atoms with van der Waals surface area (Å²) in [6, 6.07) is 17.6. The minimum Gasteiger partial charge on any atom is -0.478 e. The van der Waals surface area contributed by atoms with E-state index < -0.39 is 5.97 Å². The van der Waals surface area contributed by atoms with E-state index in [1.165, 1.54) is 5.56 Å². The molecular formula is C17H19NO2. The molecular weight excluding hydrogens is 250 g/mol. The van der Waals surface area contributed by atoms with Gasteiger partial charge in [-0.05, 0) is 49.6 Å². The molecule has 3 heteroatoms. The van der Waals surface area contributed by atoms with Crippen LogP contribution in [-0.4, -0.2) is 17.1 Å². The average molecular weight is 269 g/mol. The molecule has 20 heavy (non-hydrogen) atoms. The number of anilines is 1. The van der Waals surface area contributed by atoms with Crippen molar-refractivity contribution in [3.05, 3.63) is 65.7 Å². The van der Waals surface area contributed by atoms with E-state index in [1.807, 2.05) is 18.2 Å². The van der Waals surface area contributed by atoms with Crippen molar-refractivity contribution in [2.45, 2.75) is 25.8 Å². The number of carboxylic acid groups (broad SMARTS) is 1. The lowest BCUT2D eigenvalue weighted by molar-refractivity contribution is 0.0697. The van der Waals surface area contributed by atoms with Gasteiger partial charge in [0.2, 0.25) is 0 Å². The third-order valence-corrected chi connectivity index (χ3v) is 3.25. The van der Waals surface area contributed by atoms with Gasteiger partial charge in [-0.3, -0.25) is 0 Å². The molecule has 0 radical (unpaired) electrons. The zero-order chi connectivity index (χ0) is 14.4. The number of carboxylic acids is 1. The third-order valence-electron chi connectivity index (χ3n) is 3.25. The second kappa shape index (κ2) is 6.75. The van der Waals surface area contributed by atoms with Crippen LogP contribution in [0.4, 0.5) is 5.69 Å². The summed E-state index contributed by atoms with van der Waals surface area (Å²) >= 11 is 0. The molecule has 0 bridgehead atoms. The fourth-order valence-corrected chi connectivity index (χ4v) is 2.09. The highest BCUT2D eigenvalue weighted by molar-refractivity contribution is 5.87. The Labute approximate surface area is 119 Å². The average Bonchev–Trinajstić information content (AvgIpc) is 2.47. The fourth-order valence-electron chi connectivity index (χ4n) is 2.09. The predicted octanol–water partition coefficient (Wildman–Crippen LogP) is 3.82. The molecule has 2 aromatic carbocycles. The summed E-state index contributed by atoms with van der Waals surface area (Å²) in [5.74, 6) is -0.895. The standard InChI is InChI=1S/C17H19NO2/c1-13(7-8-14-5-3-2-4-6-14)18-16-11-9-15(10-12-16)17(19)20/h2-6,9-13,18H,7-8H2,1H3,(H,19,20). The lowest BCUT2D eigenvalue weighted by Gasteiger charge is -2.15. The van der Waals surface area contributed by atoms with E-state index in [0.29, 0.717) is 11.6 Å². The maximum Gasteiger partial charge on any atom is 0.335 e. The number of hydrogen-bond donors (Lipinski definition) is 2. The molecule has 0 aromatic heterocycles. The summed E-state index contributed by atoms with van der Waals surface area (Å²) < 4.78 is 0. The molecule has 0 aliphatic carbocycles. The van der Waals surface area contributed by atoms with Gasteiger partial charge in [0, 0.05) is 11.7 Å². The number of benzene rings is 2. The van der Waals surface area contributed by atoms with Crippen molar-refractivity contribution in [1.29, 1.82) is 0 Å². The highest BCUT2D eigenvalue weighted by Gasteiger charge is 2.05. The Kier molecular flexibility index (Phi) is 4.77. The van der Waals surface area contributed by atoms with Crippen LogP contribution in [0.5, 0.6) is 0 Å². The SMILES string of the molecule is CC(CCc1ccccc1)Nc1ccc(C(=O)O)cc1. The number of carbonyl (C=O) groups is 1. The summed E-state index contributed by atoms with van der Waals surface area (Å²) in [6.45, 7) is 2.13. The maximum absolute atomic E-state index is 10.8. The molecule has 3 nitrogen and oxygen atoms in total. The van der Waals surface area contributed by atoms with Gasteiger partial charge in [0.15, 0.2) is 0 Å². The second-order valence-electron chi connectivity index (χ2n) is 4.95. The van der Waals surface area contributed by atoms with Crippen molar-refractivity contribution in [3.8, 4) is 0 Å². The van der Waals surface area contributed by atoms with Crippen molar-refractivity contribution in [1.82, 2.24) is 0 Å². The second-order valence-corrected chi connectivity index (χ2v) is 4.95. The normalized spacial score (nSPS) is 11.8. The molecule has 0 saturated heterocycles.